The number of carbonyl (C=O) groups excluding carboxylic acids is 1. The molecule has 0 fully saturated rings. The first-order valence-electron chi connectivity index (χ1n) is 3.93. The van der Waals surface area contributed by atoms with Crippen LogP contribution < -0.4 is 0 Å². The molecule has 68 valence electrons. The van der Waals surface area contributed by atoms with Gasteiger partial charge in [-0.3, -0.25) is 4.79 Å². The Bertz CT molecular complexity index is 79.4. The molecule has 0 aliphatic rings. The van der Waals surface area contributed by atoms with Crippen LogP contribution in [0.1, 0.15) is 33.6 Å². The predicted octanol–water partition coefficient (Wildman–Crippen LogP) is 1.35. The minimum Gasteiger partial charge on any atom is -0.466 e. The maximum absolute atomic E-state index is 9.82. The highest BCUT2D eigenvalue weighted by molar-refractivity contribution is 5.65. The van der Waals surface area contributed by atoms with Crippen LogP contribution >= 0.6 is 0 Å². The molecule has 3 heteroatoms. The van der Waals surface area contributed by atoms with E-state index < -0.39 is 0 Å². The quantitative estimate of drug-likeness (QED) is 0.637. The van der Waals surface area contributed by atoms with Crippen LogP contribution in [0.5, 0.6) is 0 Å². The highest BCUT2D eigenvalue weighted by Gasteiger charge is 1.81. The Balaban J connectivity index is 0. The van der Waals surface area contributed by atoms with Crippen molar-refractivity contribution in [2.24, 2.45) is 0 Å². The normalized spacial score (nSPS) is 8.00. The monoisotopic (exact) mass is 162 g/mol. The van der Waals surface area contributed by atoms with Crippen molar-refractivity contribution in [1.82, 2.24) is 0 Å². The first kappa shape index (κ1) is 13.1. The van der Waals surface area contributed by atoms with Gasteiger partial charge in [-0.1, -0.05) is 13.3 Å². The lowest BCUT2D eigenvalue weighted by Crippen LogP contribution is -1.95. The third-order valence-electron chi connectivity index (χ3n) is 0.859. The summed E-state index contributed by atoms with van der Waals surface area (Å²) in [4.78, 5) is 9.82. The van der Waals surface area contributed by atoms with Crippen LogP contribution in [0.25, 0.3) is 0 Å². The number of rotatable bonds is 3. The Hall–Kier alpha value is -0.570. The van der Waals surface area contributed by atoms with Gasteiger partial charge in [0.1, 0.15) is 0 Å². The van der Waals surface area contributed by atoms with E-state index in [9.17, 15) is 4.79 Å². The van der Waals surface area contributed by atoms with Gasteiger partial charge in [-0.2, -0.15) is 0 Å². The van der Waals surface area contributed by atoms with Crippen molar-refractivity contribution in [3.8, 4) is 0 Å². The Morgan fingerprint density at radius 2 is 2.00 bits per heavy atom. The Kier molecular flexibility index (Phi) is 14.4. The first-order chi connectivity index (χ1) is 5.18. The lowest BCUT2D eigenvalue weighted by Gasteiger charge is -1.89. The van der Waals surface area contributed by atoms with Gasteiger partial charge in [-0.25, -0.2) is 0 Å². The molecule has 0 radical (unpaired) electrons. The zero-order valence-electron chi connectivity index (χ0n) is 7.59. The second-order valence-electron chi connectivity index (χ2n) is 2.00. The molecule has 0 bridgehead atoms. The maximum Gasteiger partial charge on any atom is 0.302 e. The molecular weight excluding hydrogens is 144 g/mol. The number of aliphatic hydroxyl groups is 1. The summed E-state index contributed by atoms with van der Waals surface area (Å²) in [5.74, 6) is -0.211. The lowest BCUT2D eigenvalue weighted by molar-refractivity contribution is -0.140. The van der Waals surface area contributed by atoms with Crippen LogP contribution in [-0.4, -0.2) is 24.3 Å². The van der Waals surface area contributed by atoms with E-state index in [2.05, 4.69) is 11.7 Å². The third-order valence-corrected chi connectivity index (χ3v) is 0.859. The van der Waals surface area contributed by atoms with Gasteiger partial charge in [0.25, 0.3) is 0 Å². The van der Waals surface area contributed by atoms with Gasteiger partial charge < -0.3 is 9.84 Å². The summed E-state index contributed by atoms with van der Waals surface area (Å²) < 4.78 is 4.40. The zero-order valence-corrected chi connectivity index (χ0v) is 7.59. The number of carbonyl (C=O) groups is 1. The number of aliphatic hydroxyl groups excluding tert-OH is 1. The van der Waals surface area contributed by atoms with Crippen molar-refractivity contribution in [2.75, 3.05) is 13.2 Å². The Morgan fingerprint density at radius 3 is 2.00 bits per heavy atom. The van der Waals surface area contributed by atoms with Gasteiger partial charge in [0, 0.05) is 13.5 Å². The van der Waals surface area contributed by atoms with E-state index in [1.807, 2.05) is 0 Å². The van der Waals surface area contributed by atoms with Gasteiger partial charge in [-0.05, 0) is 13.3 Å². The molecule has 11 heavy (non-hydrogen) atoms. The van der Waals surface area contributed by atoms with E-state index in [0.717, 1.165) is 12.8 Å². The predicted molar refractivity (Wildman–Crippen MR) is 44.3 cm³/mol. The van der Waals surface area contributed by atoms with Gasteiger partial charge in [0.2, 0.25) is 0 Å². The molecule has 0 aromatic carbocycles. The van der Waals surface area contributed by atoms with E-state index in [-0.39, 0.29) is 5.97 Å². The average molecular weight is 162 g/mol. The number of ether oxygens (including phenoxy) is 1. The van der Waals surface area contributed by atoms with Gasteiger partial charge >= 0.3 is 5.97 Å². The summed E-state index contributed by atoms with van der Waals surface area (Å²) in [7, 11) is 0. The molecule has 0 heterocycles. The lowest BCUT2D eigenvalue weighted by atomic mass is 10.4. The van der Waals surface area contributed by atoms with E-state index in [0.29, 0.717) is 13.2 Å². The molecule has 0 saturated heterocycles. The molecule has 0 amide bonds. The molecule has 0 aromatic rings. The van der Waals surface area contributed by atoms with Crippen molar-refractivity contribution in [1.29, 1.82) is 0 Å². The number of hydrogen-bond donors (Lipinski definition) is 1. The highest BCUT2D eigenvalue weighted by Crippen LogP contribution is 1.78. The average Bonchev–Trinajstić information content (AvgIpc) is 1.90. The van der Waals surface area contributed by atoms with Crippen LogP contribution in [0.15, 0.2) is 0 Å². The zero-order chi connectivity index (χ0) is 9.11. The summed E-state index contributed by atoms with van der Waals surface area (Å²) >= 11 is 0. The highest BCUT2D eigenvalue weighted by atomic mass is 16.5. The van der Waals surface area contributed by atoms with Crippen molar-refractivity contribution >= 4 is 5.97 Å². The van der Waals surface area contributed by atoms with Crippen molar-refractivity contribution in [3.05, 3.63) is 0 Å². The van der Waals surface area contributed by atoms with E-state index in [1.54, 1.807) is 6.92 Å². The summed E-state index contributed by atoms with van der Waals surface area (Å²) in [6.07, 6.45) is 2.04. The smallest absolute Gasteiger partial charge is 0.302 e. The van der Waals surface area contributed by atoms with Crippen molar-refractivity contribution in [2.45, 2.75) is 33.6 Å². The molecule has 0 aliphatic heterocycles. The van der Waals surface area contributed by atoms with Gasteiger partial charge in [0.15, 0.2) is 0 Å². The molecule has 0 aliphatic carbocycles. The topological polar surface area (TPSA) is 46.5 Å². The molecular formula is C8H18O3. The minimum atomic E-state index is -0.211. The molecule has 0 aromatic heterocycles. The number of esters is 1. The fourth-order valence-corrected chi connectivity index (χ4v) is 0.361. The Morgan fingerprint density at radius 1 is 1.45 bits per heavy atom. The van der Waals surface area contributed by atoms with Crippen LogP contribution in [0.2, 0.25) is 0 Å². The van der Waals surface area contributed by atoms with Crippen LogP contribution in [-0.2, 0) is 9.53 Å². The maximum atomic E-state index is 9.82. The summed E-state index contributed by atoms with van der Waals surface area (Å²) in [5, 5.41) is 8.07. The standard InChI is InChI=1S/C4H8O2.C4H10O/c1-3-6-4(2)5;1-2-3-4-5/h3H2,1-2H3;5H,2-4H2,1H3. The second kappa shape index (κ2) is 12.1. The van der Waals surface area contributed by atoms with Crippen LogP contribution in [0.3, 0.4) is 0 Å². The van der Waals surface area contributed by atoms with E-state index in [4.69, 9.17) is 5.11 Å². The first-order valence-corrected chi connectivity index (χ1v) is 3.93. The van der Waals surface area contributed by atoms with Crippen LogP contribution in [0.4, 0.5) is 0 Å². The van der Waals surface area contributed by atoms with Gasteiger partial charge in [0.05, 0.1) is 6.61 Å². The Labute approximate surface area is 68.4 Å². The summed E-state index contributed by atoms with van der Waals surface area (Å²) in [6.45, 7) is 6.05. The fourth-order valence-electron chi connectivity index (χ4n) is 0.361. The van der Waals surface area contributed by atoms with E-state index in [1.165, 1.54) is 6.92 Å². The third kappa shape index (κ3) is 26.5. The number of hydrogen-bond acceptors (Lipinski definition) is 3. The molecule has 0 saturated carbocycles. The summed E-state index contributed by atoms with van der Waals surface area (Å²) in [5.41, 5.74) is 0. The second-order valence-corrected chi connectivity index (χ2v) is 2.00. The largest absolute Gasteiger partial charge is 0.466 e. The molecule has 0 atom stereocenters. The molecule has 3 nitrogen and oxygen atoms in total. The van der Waals surface area contributed by atoms with Crippen molar-refractivity contribution in [3.63, 3.8) is 0 Å². The fraction of sp³-hybridized carbons (Fsp3) is 0.875. The van der Waals surface area contributed by atoms with Crippen molar-refractivity contribution < 1.29 is 14.6 Å². The number of unbranched alkanes of at least 4 members (excludes halogenated alkanes) is 1. The van der Waals surface area contributed by atoms with Gasteiger partial charge in [-0.15, -0.1) is 0 Å². The molecule has 0 unspecified atom stereocenters. The summed E-state index contributed by atoms with van der Waals surface area (Å²) in [6, 6.07) is 0. The molecule has 0 rings (SSSR count). The van der Waals surface area contributed by atoms with E-state index >= 15 is 0 Å². The molecule has 1 N–H and O–H groups in total. The van der Waals surface area contributed by atoms with Crippen LogP contribution in [0, 0.1) is 0 Å². The minimum absolute atomic E-state index is 0.211. The SMILES string of the molecule is CCCCO.CCOC(C)=O. The molecule has 0 spiro atoms.